The van der Waals surface area contributed by atoms with Crippen molar-refractivity contribution in [2.24, 2.45) is 0 Å². The second kappa shape index (κ2) is 4.84. The highest BCUT2D eigenvalue weighted by Gasteiger charge is 2.26. The van der Waals surface area contributed by atoms with Crippen molar-refractivity contribution in [1.29, 1.82) is 0 Å². The second-order valence-electron chi connectivity index (χ2n) is 5.48. The minimum atomic E-state index is 0.536. The van der Waals surface area contributed by atoms with Crippen LogP contribution in [0.3, 0.4) is 0 Å². The van der Waals surface area contributed by atoms with Crippen LogP contribution in [0, 0.1) is 0 Å². The number of hydrogen-bond acceptors (Lipinski definition) is 3. The molecule has 0 saturated heterocycles. The summed E-state index contributed by atoms with van der Waals surface area (Å²) in [5.41, 5.74) is 9.03. The third-order valence-electron chi connectivity index (χ3n) is 4.20. The zero-order valence-electron chi connectivity index (χ0n) is 11.5. The summed E-state index contributed by atoms with van der Waals surface area (Å²) in [6.07, 6.45) is 7.42. The van der Waals surface area contributed by atoms with Gasteiger partial charge in [-0.3, -0.25) is 4.40 Å². The summed E-state index contributed by atoms with van der Waals surface area (Å²) in [6.45, 7) is 0. The number of fused-ring (bicyclic) bond motifs is 1. The van der Waals surface area contributed by atoms with E-state index in [-0.39, 0.29) is 0 Å². The van der Waals surface area contributed by atoms with Crippen molar-refractivity contribution in [1.82, 2.24) is 14.4 Å². The first kappa shape index (κ1) is 12.8. The van der Waals surface area contributed by atoms with Crippen molar-refractivity contribution in [3.8, 4) is 11.3 Å². The van der Waals surface area contributed by atoms with E-state index in [1.165, 1.54) is 19.3 Å². The van der Waals surface area contributed by atoms with Crippen LogP contribution in [0.15, 0.2) is 41.1 Å². The minimum absolute atomic E-state index is 0.536. The molecule has 0 radical (unpaired) electrons. The van der Waals surface area contributed by atoms with E-state index in [2.05, 4.69) is 37.4 Å². The summed E-state index contributed by atoms with van der Waals surface area (Å²) in [7, 11) is 0. The summed E-state index contributed by atoms with van der Waals surface area (Å²) in [4.78, 5) is 9.13. The maximum absolute atomic E-state index is 6.12. The topological polar surface area (TPSA) is 56.2 Å². The molecule has 1 fully saturated rings. The number of nitrogens with zero attached hydrogens (tertiary/aromatic N) is 3. The Balaban J connectivity index is 1.97. The fraction of sp³-hybridized carbons (Fsp3) is 0.250. The van der Waals surface area contributed by atoms with Gasteiger partial charge in [0.15, 0.2) is 0 Å². The van der Waals surface area contributed by atoms with E-state index in [9.17, 15) is 0 Å². The lowest BCUT2D eigenvalue weighted by molar-refractivity contribution is 0.400. The van der Waals surface area contributed by atoms with E-state index >= 15 is 0 Å². The highest BCUT2D eigenvalue weighted by atomic mass is 79.9. The number of hydrogen-bond donors (Lipinski definition) is 1. The van der Waals surface area contributed by atoms with E-state index in [4.69, 9.17) is 10.7 Å². The molecule has 0 unspecified atom stereocenters. The van der Waals surface area contributed by atoms with Gasteiger partial charge in [-0.15, -0.1) is 0 Å². The Hall–Kier alpha value is -1.88. The number of nitrogens with two attached hydrogens (primary N) is 1. The first-order chi connectivity index (χ1) is 10.2. The Kier molecular flexibility index (Phi) is 2.96. The van der Waals surface area contributed by atoms with Crippen molar-refractivity contribution in [3.63, 3.8) is 0 Å². The summed E-state index contributed by atoms with van der Waals surface area (Å²) in [5, 5.41) is 0. The molecule has 21 heavy (non-hydrogen) atoms. The summed E-state index contributed by atoms with van der Waals surface area (Å²) in [5.74, 6) is 2.19. The predicted molar refractivity (Wildman–Crippen MR) is 87.1 cm³/mol. The van der Waals surface area contributed by atoms with Crippen LogP contribution in [0.4, 0.5) is 5.82 Å². The molecule has 0 aliphatic heterocycles. The van der Waals surface area contributed by atoms with Gasteiger partial charge in [0, 0.05) is 28.3 Å². The van der Waals surface area contributed by atoms with Crippen molar-refractivity contribution in [2.45, 2.75) is 25.2 Å². The van der Waals surface area contributed by atoms with Crippen LogP contribution in [-0.2, 0) is 0 Å². The molecule has 4 rings (SSSR count). The van der Waals surface area contributed by atoms with Gasteiger partial charge >= 0.3 is 0 Å². The lowest BCUT2D eigenvalue weighted by atomic mass is 9.85. The zero-order chi connectivity index (χ0) is 14.4. The lowest BCUT2D eigenvalue weighted by Crippen LogP contribution is -2.12. The van der Waals surface area contributed by atoms with Gasteiger partial charge in [-0.25, -0.2) is 9.97 Å². The largest absolute Gasteiger partial charge is 0.382 e. The molecule has 2 heterocycles. The third kappa shape index (κ3) is 2.03. The molecule has 2 aromatic heterocycles. The van der Waals surface area contributed by atoms with Crippen LogP contribution in [0.1, 0.15) is 31.0 Å². The standard InChI is InChI=1S/C16H15BrN4/c17-12-6-4-10(5-7-12)13-14-15(18)19-8-9-21(14)16(20-13)11-2-1-3-11/h4-9,11H,1-3H2,(H2,18,19). The molecule has 0 atom stereocenters. The summed E-state index contributed by atoms with van der Waals surface area (Å²) in [6, 6.07) is 8.17. The average Bonchev–Trinajstić information content (AvgIpc) is 2.79. The van der Waals surface area contributed by atoms with Gasteiger partial charge < -0.3 is 5.73 Å². The molecular formula is C16H15BrN4. The molecule has 0 spiro atoms. The molecule has 1 aromatic carbocycles. The Morgan fingerprint density at radius 1 is 1.19 bits per heavy atom. The Morgan fingerprint density at radius 3 is 2.62 bits per heavy atom. The maximum Gasteiger partial charge on any atom is 0.150 e. The Labute approximate surface area is 131 Å². The summed E-state index contributed by atoms with van der Waals surface area (Å²) >= 11 is 3.47. The van der Waals surface area contributed by atoms with Crippen LogP contribution in [0.5, 0.6) is 0 Å². The van der Waals surface area contributed by atoms with Gasteiger partial charge in [-0.05, 0) is 25.0 Å². The first-order valence-corrected chi connectivity index (χ1v) is 7.91. The van der Waals surface area contributed by atoms with E-state index in [0.29, 0.717) is 11.7 Å². The molecular weight excluding hydrogens is 328 g/mol. The first-order valence-electron chi connectivity index (χ1n) is 7.12. The van der Waals surface area contributed by atoms with E-state index in [0.717, 1.165) is 27.1 Å². The molecule has 2 N–H and O–H groups in total. The highest BCUT2D eigenvalue weighted by molar-refractivity contribution is 9.10. The van der Waals surface area contributed by atoms with Gasteiger partial charge in [0.1, 0.15) is 22.9 Å². The zero-order valence-corrected chi connectivity index (χ0v) is 13.0. The highest BCUT2D eigenvalue weighted by Crippen LogP contribution is 2.39. The van der Waals surface area contributed by atoms with Crippen LogP contribution in [-0.4, -0.2) is 14.4 Å². The van der Waals surface area contributed by atoms with Gasteiger partial charge in [0.25, 0.3) is 0 Å². The van der Waals surface area contributed by atoms with Crippen LogP contribution in [0.25, 0.3) is 16.8 Å². The molecule has 1 aliphatic carbocycles. The predicted octanol–water partition coefficient (Wildman–Crippen LogP) is 4.01. The van der Waals surface area contributed by atoms with Gasteiger partial charge in [0.05, 0.1) is 0 Å². The number of benzene rings is 1. The van der Waals surface area contributed by atoms with Crippen molar-refractivity contribution >= 4 is 27.3 Å². The number of halogens is 1. The van der Waals surface area contributed by atoms with Crippen LogP contribution in [0.2, 0.25) is 0 Å². The fourth-order valence-electron chi connectivity index (χ4n) is 2.85. The molecule has 4 nitrogen and oxygen atoms in total. The van der Waals surface area contributed by atoms with Gasteiger partial charge in [-0.1, -0.05) is 34.5 Å². The molecule has 5 heteroatoms. The maximum atomic E-state index is 6.12. The Bertz CT molecular complexity index is 803. The lowest BCUT2D eigenvalue weighted by Gasteiger charge is -2.23. The monoisotopic (exact) mass is 342 g/mol. The van der Waals surface area contributed by atoms with Crippen molar-refractivity contribution < 1.29 is 0 Å². The fourth-order valence-corrected chi connectivity index (χ4v) is 3.11. The Morgan fingerprint density at radius 2 is 1.95 bits per heavy atom. The molecule has 0 amide bonds. The van der Waals surface area contributed by atoms with Crippen LogP contribution >= 0.6 is 15.9 Å². The molecule has 1 aliphatic rings. The van der Waals surface area contributed by atoms with E-state index in [1.807, 2.05) is 18.3 Å². The molecule has 3 aromatic rings. The minimum Gasteiger partial charge on any atom is -0.382 e. The SMILES string of the molecule is Nc1nccn2c(C3CCC3)nc(-c3ccc(Br)cc3)c12. The number of imidazole rings is 1. The summed E-state index contributed by atoms with van der Waals surface area (Å²) < 4.78 is 3.17. The average molecular weight is 343 g/mol. The van der Waals surface area contributed by atoms with Crippen molar-refractivity contribution in [3.05, 3.63) is 47.0 Å². The molecule has 0 bridgehead atoms. The van der Waals surface area contributed by atoms with E-state index < -0.39 is 0 Å². The number of anilines is 1. The van der Waals surface area contributed by atoms with Crippen LogP contribution < -0.4 is 5.73 Å². The smallest absolute Gasteiger partial charge is 0.150 e. The number of aromatic nitrogens is 3. The quantitative estimate of drug-likeness (QED) is 0.765. The normalized spacial score (nSPS) is 15.3. The number of rotatable bonds is 2. The number of nitrogen functional groups attached to an aromatic ring is 1. The van der Waals surface area contributed by atoms with Gasteiger partial charge in [-0.2, -0.15) is 0 Å². The molecule has 1 saturated carbocycles. The second-order valence-corrected chi connectivity index (χ2v) is 6.40. The van der Waals surface area contributed by atoms with E-state index in [1.54, 1.807) is 6.20 Å². The molecule has 106 valence electrons. The van der Waals surface area contributed by atoms with Gasteiger partial charge in [0.2, 0.25) is 0 Å². The van der Waals surface area contributed by atoms with Crippen molar-refractivity contribution in [2.75, 3.05) is 5.73 Å². The third-order valence-corrected chi connectivity index (χ3v) is 4.73.